The SMILES string of the molecule is CC1=C(C)C(C)(C)[C@@H](COC(=O)C(C)C)C1.S. The van der Waals surface area contributed by atoms with Crippen molar-refractivity contribution >= 4 is 19.5 Å². The number of carbonyl (C=O) groups excluding carboxylic acids is 1. The van der Waals surface area contributed by atoms with Gasteiger partial charge < -0.3 is 4.74 Å². The average Bonchev–Trinajstić information content (AvgIpc) is 2.38. The molecule has 0 N–H and O–H groups in total. The van der Waals surface area contributed by atoms with E-state index in [9.17, 15) is 4.79 Å². The summed E-state index contributed by atoms with van der Waals surface area (Å²) in [6.45, 7) is 13.2. The lowest BCUT2D eigenvalue weighted by atomic mass is 9.78. The Kier molecular flexibility index (Phi) is 5.79. The molecule has 1 atom stereocenters. The van der Waals surface area contributed by atoms with E-state index in [1.54, 1.807) is 0 Å². The highest BCUT2D eigenvalue weighted by atomic mass is 32.1. The minimum atomic E-state index is -0.0852. The van der Waals surface area contributed by atoms with Crippen molar-refractivity contribution in [3.8, 4) is 0 Å². The second-order valence-electron chi connectivity index (χ2n) is 5.81. The van der Waals surface area contributed by atoms with E-state index in [2.05, 4.69) is 27.7 Å². The van der Waals surface area contributed by atoms with E-state index in [0.717, 1.165) is 6.42 Å². The van der Waals surface area contributed by atoms with E-state index in [1.807, 2.05) is 13.8 Å². The molecular formula is C14H26O2S. The largest absolute Gasteiger partial charge is 0.465 e. The third-order valence-corrected chi connectivity index (χ3v) is 4.08. The van der Waals surface area contributed by atoms with Crippen LogP contribution in [0.1, 0.15) is 48.0 Å². The summed E-state index contributed by atoms with van der Waals surface area (Å²) in [4.78, 5) is 11.4. The molecule has 0 saturated carbocycles. The first kappa shape index (κ1) is 16.6. The maximum absolute atomic E-state index is 11.4. The first-order valence-electron chi connectivity index (χ1n) is 6.10. The lowest BCUT2D eigenvalue weighted by molar-refractivity contribution is -0.149. The van der Waals surface area contributed by atoms with Crippen LogP contribution in [-0.2, 0) is 9.53 Å². The molecule has 2 nitrogen and oxygen atoms in total. The molecule has 0 spiro atoms. The number of allylic oxidation sites excluding steroid dienone is 2. The maximum Gasteiger partial charge on any atom is 0.308 e. The average molecular weight is 258 g/mol. The van der Waals surface area contributed by atoms with Gasteiger partial charge in [-0.1, -0.05) is 38.8 Å². The van der Waals surface area contributed by atoms with Crippen LogP contribution in [0.3, 0.4) is 0 Å². The Labute approximate surface area is 112 Å². The number of hydrogen-bond acceptors (Lipinski definition) is 2. The van der Waals surface area contributed by atoms with Gasteiger partial charge in [0.05, 0.1) is 12.5 Å². The molecule has 0 aliphatic heterocycles. The third-order valence-electron chi connectivity index (χ3n) is 4.08. The normalized spacial score (nSPS) is 22.6. The van der Waals surface area contributed by atoms with Crippen LogP contribution in [0.15, 0.2) is 11.1 Å². The Morgan fingerprint density at radius 3 is 2.29 bits per heavy atom. The molecule has 0 bridgehead atoms. The second kappa shape index (κ2) is 5.94. The molecule has 0 radical (unpaired) electrons. The van der Waals surface area contributed by atoms with Crippen LogP contribution in [0.4, 0.5) is 0 Å². The second-order valence-corrected chi connectivity index (χ2v) is 5.81. The molecule has 0 aromatic rings. The van der Waals surface area contributed by atoms with Crippen LogP contribution < -0.4 is 0 Å². The van der Waals surface area contributed by atoms with Gasteiger partial charge in [0.1, 0.15) is 0 Å². The van der Waals surface area contributed by atoms with Crippen molar-refractivity contribution < 1.29 is 9.53 Å². The Bertz CT molecular complexity index is 316. The van der Waals surface area contributed by atoms with Gasteiger partial charge in [0.15, 0.2) is 0 Å². The van der Waals surface area contributed by atoms with E-state index in [4.69, 9.17) is 4.74 Å². The molecule has 17 heavy (non-hydrogen) atoms. The standard InChI is InChI=1S/C14H24O2.H2S/c1-9(2)13(15)16-8-12-7-10(3)11(4)14(12,5)6;/h9,12H,7-8H2,1-6H3;1H2/t12-;/m1./s1. The number of esters is 1. The summed E-state index contributed by atoms with van der Waals surface area (Å²) in [6.07, 6.45) is 1.06. The van der Waals surface area contributed by atoms with Crippen LogP contribution in [0, 0.1) is 17.3 Å². The van der Waals surface area contributed by atoms with Crippen molar-refractivity contribution in [2.75, 3.05) is 6.61 Å². The molecule has 0 aromatic heterocycles. The van der Waals surface area contributed by atoms with E-state index in [1.165, 1.54) is 11.1 Å². The van der Waals surface area contributed by atoms with Crippen molar-refractivity contribution in [3.63, 3.8) is 0 Å². The van der Waals surface area contributed by atoms with Gasteiger partial charge in [-0.3, -0.25) is 4.79 Å². The van der Waals surface area contributed by atoms with Gasteiger partial charge in [-0.2, -0.15) is 13.5 Å². The summed E-state index contributed by atoms with van der Waals surface area (Å²) in [6, 6.07) is 0. The fraction of sp³-hybridized carbons (Fsp3) is 0.786. The van der Waals surface area contributed by atoms with E-state index >= 15 is 0 Å². The van der Waals surface area contributed by atoms with Gasteiger partial charge in [-0.05, 0) is 25.7 Å². The van der Waals surface area contributed by atoms with Crippen LogP contribution in [-0.4, -0.2) is 12.6 Å². The Balaban J connectivity index is 0.00000256. The zero-order chi connectivity index (χ0) is 12.5. The van der Waals surface area contributed by atoms with Crippen molar-refractivity contribution in [2.45, 2.75) is 48.0 Å². The molecule has 1 rings (SSSR count). The predicted molar refractivity (Wildman–Crippen MR) is 76.4 cm³/mol. The highest BCUT2D eigenvalue weighted by molar-refractivity contribution is 7.59. The predicted octanol–water partition coefficient (Wildman–Crippen LogP) is 3.68. The molecule has 1 aliphatic rings. The van der Waals surface area contributed by atoms with Gasteiger partial charge in [-0.25, -0.2) is 0 Å². The topological polar surface area (TPSA) is 26.3 Å². The summed E-state index contributed by atoms with van der Waals surface area (Å²) >= 11 is 0. The van der Waals surface area contributed by atoms with Crippen molar-refractivity contribution in [1.82, 2.24) is 0 Å². The number of carbonyl (C=O) groups is 1. The van der Waals surface area contributed by atoms with Crippen LogP contribution >= 0.6 is 13.5 Å². The summed E-state index contributed by atoms with van der Waals surface area (Å²) in [5, 5.41) is 0. The summed E-state index contributed by atoms with van der Waals surface area (Å²) in [5.41, 5.74) is 3.08. The minimum absolute atomic E-state index is 0. The highest BCUT2D eigenvalue weighted by Gasteiger charge is 2.38. The lowest BCUT2D eigenvalue weighted by Crippen LogP contribution is -2.27. The molecule has 3 heteroatoms. The summed E-state index contributed by atoms with van der Waals surface area (Å²) in [7, 11) is 0. The molecule has 0 saturated heterocycles. The van der Waals surface area contributed by atoms with E-state index < -0.39 is 0 Å². The zero-order valence-electron chi connectivity index (χ0n) is 11.9. The van der Waals surface area contributed by atoms with Crippen LogP contribution in [0.5, 0.6) is 0 Å². The lowest BCUT2D eigenvalue weighted by Gasteiger charge is -2.29. The maximum atomic E-state index is 11.4. The third kappa shape index (κ3) is 3.51. The van der Waals surface area contributed by atoms with Crippen molar-refractivity contribution in [1.29, 1.82) is 0 Å². The van der Waals surface area contributed by atoms with Crippen LogP contribution in [0.2, 0.25) is 0 Å². The van der Waals surface area contributed by atoms with Crippen molar-refractivity contribution in [3.05, 3.63) is 11.1 Å². The van der Waals surface area contributed by atoms with Crippen LogP contribution in [0.25, 0.3) is 0 Å². The van der Waals surface area contributed by atoms with E-state index in [-0.39, 0.29) is 30.8 Å². The van der Waals surface area contributed by atoms with Gasteiger partial charge in [-0.15, -0.1) is 0 Å². The van der Waals surface area contributed by atoms with Crippen molar-refractivity contribution in [2.24, 2.45) is 17.3 Å². The molecule has 0 heterocycles. The molecule has 100 valence electrons. The molecule has 0 unspecified atom stereocenters. The molecule has 0 aromatic carbocycles. The molecular weight excluding hydrogens is 232 g/mol. The molecule has 0 fully saturated rings. The van der Waals surface area contributed by atoms with Gasteiger partial charge in [0.25, 0.3) is 0 Å². The monoisotopic (exact) mass is 258 g/mol. The first-order chi connectivity index (χ1) is 7.26. The molecule has 1 aliphatic carbocycles. The van der Waals surface area contributed by atoms with Gasteiger partial charge in [0.2, 0.25) is 0 Å². The smallest absolute Gasteiger partial charge is 0.308 e. The number of hydrogen-bond donors (Lipinski definition) is 0. The first-order valence-corrected chi connectivity index (χ1v) is 6.10. The van der Waals surface area contributed by atoms with Gasteiger partial charge >= 0.3 is 5.97 Å². The summed E-state index contributed by atoms with van der Waals surface area (Å²) < 4.78 is 5.35. The minimum Gasteiger partial charge on any atom is -0.465 e. The fourth-order valence-corrected chi connectivity index (χ4v) is 2.25. The van der Waals surface area contributed by atoms with Gasteiger partial charge in [0, 0.05) is 5.92 Å². The molecule has 0 amide bonds. The Hall–Kier alpha value is -0.440. The number of ether oxygens (including phenoxy) is 1. The number of rotatable bonds is 3. The fourth-order valence-electron chi connectivity index (χ4n) is 2.25. The Morgan fingerprint density at radius 1 is 1.41 bits per heavy atom. The zero-order valence-corrected chi connectivity index (χ0v) is 12.9. The van der Waals surface area contributed by atoms with E-state index in [0.29, 0.717) is 12.5 Å². The quantitative estimate of drug-likeness (QED) is 0.570. The highest BCUT2D eigenvalue weighted by Crippen LogP contribution is 2.46. The summed E-state index contributed by atoms with van der Waals surface area (Å²) in [5.74, 6) is 0.327. The Morgan fingerprint density at radius 2 is 1.94 bits per heavy atom.